The van der Waals surface area contributed by atoms with Crippen LogP contribution in [0.5, 0.6) is 0 Å². The van der Waals surface area contributed by atoms with E-state index in [1.807, 2.05) is 17.0 Å². The van der Waals surface area contributed by atoms with Crippen molar-refractivity contribution < 1.29 is 4.79 Å². The van der Waals surface area contributed by atoms with Crippen LogP contribution in [0.25, 0.3) is 11.3 Å². The minimum absolute atomic E-state index is 0.0238. The van der Waals surface area contributed by atoms with E-state index in [4.69, 9.17) is 11.6 Å². The molecule has 1 amide bonds. The van der Waals surface area contributed by atoms with Gasteiger partial charge in [0.25, 0.3) is 5.91 Å². The van der Waals surface area contributed by atoms with Crippen molar-refractivity contribution in [1.82, 2.24) is 19.4 Å². The molecular weight excluding hydrogens is 320 g/mol. The van der Waals surface area contributed by atoms with E-state index in [0.29, 0.717) is 15.6 Å². The summed E-state index contributed by atoms with van der Waals surface area (Å²) >= 11 is 7.07. The lowest BCUT2D eigenvalue weighted by Crippen LogP contribution is -2.48. The molecule has 2 heterocycles. The third-order valence-corrected chi connectivity index (χ3v) is 4.87. The predicted molar refractivity (Wildman–Crippen MR) is 88.4 cm³/mol. The van der Waals surface area contributed by atoms with Gasteiger partial charge in [0.15, 0.2) is 0 Å². The zero-order chi connectivity index (χ0) is 15.5. The molecule has 0 saturated carbocycles. The molecule has 1 aliphatic heterocycles. The molecule has 0 spiro atoms. The highest BCUT2D eigenvalue weighted by atomic mass is 35.5. The Morgan fingerprint density at radius 3 is 2.55 bits per heavy atom. The largest absolute Gasteiger partial charge is 0.335 e. The van der Waals surface area contributed by atoms with Gasteiger partial charge in [0.05, 0.1) is 0 Å². The van der Waals surface area contributed by atoms with Crippen LogP contribution in [0.3, 0.4) is 0 Å². The first-order valence-electron chi connectivity index (χ1n) is 7.29. The molecule has 5 nitrogen and oxygen atoms in total. The van der Waals surface area contributed by atoms with Crippen LogP contribution >= 0.6 is 23.1 Å². The second-order valence-corrected chi connectivity index (χ2v) is 6.37. The summed E-state index contributed by atoms with van der Waals surface area (Å²) in [6.45, 7) is 6.52. The summed E-state index contributed by atoms with van der Waals surface area (Å²) in [5, 5.41) is 4.79. The Morgan fingerprint density at radius 2 is 1.91 bits per heavy atom. The van der Waals surface area contributed by atoms with Crippen LogP contribution in [0.2, 0.25) is 5.02 Å². The molecule has 0 bridgehead atoms. The number of hydrogen-bond donors (Lipinski definition) is 0. The van der Waals surface area contributed by atoms with Gasteiger partial charge in [-0.2, -0.15) is 0 Å². The van der Waals surface area contributed by atoms with Crippen LogP contribution in [0, 0.1) is 0 Å². The Labute approximate surface area is 138 Å². The van der Waals surface area contributed by atoms with Crippen LogP contribution in [0.15, 0.2) is 24.3 Å². The van der Waals surface area contributed by atoms with Gasteiger partial charge in [-0.25, -0.2) is 0 Å². The van der Waals surface area contributed by atoms with Gasteiger partial charge in [0.2, 0.25) is 0 Å². The molecule has 116 valence electrons. The molecule has 0 atom stereocenters. The van der Waals surface area contributed by atoms with Crippen LogP contribution in [0.4, 0.5) is 0 Å². The van der Waals surface area contributed by atoms with Gasteiger partial charge >= 0.3 is 0 Å². The summed E-state index contributed by atoms with van der Waals surface area (Å²) in [5.41, 5.74) is 1.51. The maximum Gasteiger partial charge on any atom is 0.267 e. The lowest BCUT2D eigenvalue weighted by atomic mass is 10.1. The van der Waals surface area contributed by atoms with Gasteiger partial charge in [-0.3, -0.25) is 4.79 Å². The van der Waals surface area contributed by atoms with Crippen molar-refractivity contribution in [3.63, 3.8) is 0 Å². The monoisotopic (exact) mass is 336 g/mol. The number of benzene rings is 1. The summed E-state index contributed by atoms with van der Waals surface area (Å²) in [6.07, 6.45) is 0. The Morgan fingerprint density at radius 1 is 1.23 bits per heavy atom. The highest BCUT2D eigenvalue weighted by Crippen LogP contribution is 2.26. The van der Waals surface area contributed by atoms with E-state index in [0.717, 1.165) is 49.8 Å². The molecule has 0 radical (unpaired) electrons. The summed E-state index contributed by atoms with van der Waals surface area (Å²) in [7, 11) is 0. The van der Waals surface area contributed by atoms with Crippen molar-refractivity contribution in [3.8, 4) is 11.3 Å². The molecular formula is C15H17ClN4OS. The van der Waals surface area contributed by atoms with Crippen molar-refractivity contribution in [3.05, 3.63) is 34.2 Å². The maximum absolute atomic E-state index is 12.7. The first-order valence-corrected chi connectivity index (χ1v) is 8.44. The highest BCUT2D eigenvalue weighted by molar-refractivity contribution is 7.08. The first-order chi connectivity index (χ1) is 10.7. The Bertz CT molecular complexity index is 650. The zero-order valence-corrected chi connectivity index (χ0v) is 13.9. The first kappa shape index (κ1) is 15.4. The lowest BCUT2D eigenvalue weighted by Gasteiger charge is -2.33. The average molecular weight is 337 g/mol. The fourth-order valence-electron chi connectivity index (χ4n) is 2.54. The third kappa shape index (κ3) is 3.14. The number of hydrogen-bond acceptors (Lipinski definition) is 5. The van der Waals surface area contributed by atoms with Crippen LogP contribution in [-0.2, 0) is 0 Å². The van der Waals surface area contributed by atoms with E-state index in [1.54, 1.807) is 12.1 Å². The quantitative estimate of drug-likeness (QED) is 0.864. The van der Waals surface area contributed by atoms with Gasteiger partial charge in [-0.1, -0.05) is 35.1 Å². The number of carbonyl (C=O) groups is 1. The zero-order valence-electron chi connectivity index (χ0n) is 12.3. The number of halogens is 1. The van der Waals surface area contributed by atoms with Crippen LogP contribution in [-0.4, -0.2) is 58.0 Å². The van der Waals surface area contributed by atoms with E-state index < -0.39 is 0 Å². The van der Waals surface area contributed by atoms with E-state index in [1.165, 1.54) is 0 Å². The van der Waals surface area contributed by atoms with Gasteiger partial charge in [0, 0.05) is 36.8 Å². The van der Waals surface area contributed by atoms with Crippen molar-refractivity contribution >= 4 is 29.0 Å². The Hall–Kier alpha value is -1.50. The molecule has 1 saturated heterocycles. The highest BCUT2D eigenvalue weighted by Gasteiger charge is 2.26. The average Bonchev–Trinajstić information content (AvgIpc) is 3.04. The minimum Gasteiger partial charge on any atom is -0.335 e. The Kier molecular flexibility index (Phi) is 4.71. The van der Waals surface area contributed by atoms with E-state index in [-0.39, 0.29) is 5.91 Å². The molecule has 1 aromatic carbocycles. The van der Waals surface area contributed by atoms with Gasteiger partial charge in [-0.15, -0.1) is 5.10 Å². The molecule has 0 unspecified atom stereocenters. The van der Waals surface area contributed by atoms with Crippen LogP contribution < -0.4 is 0 Å². The molecule has 1 aliphatic rings. The van der Waals surface area contributed by atoms with Crippen LogP contribution in [0.1, 0.15) is 16.6 Å². The topological polar surface area (TPSA) is 49.3 Å². The molecule has 0 N–H and O–H groups in total. The second kappa shape index (κ2) is 6.73. The van der Waals surface area contributed by atoms with Crippen molar-refractivity contribution in [2.24, 2.45) is 0 Å². The normalized spacial score (nSPS) is 16.0. The number of amides is 1. The predicted octanol–water partition coefficient (Wildman–Crippen LogP) is 2.64. The molecule has 1 fully saturated rings. The molecule has 7 heteroatoms. The third-order valence-electron chi connectivity index (χ3n) is 3.91. The SMILES string of the molecule is CCN1CCN(C(=O)c2snnc2-c2ccc(Cl)cc2)CC1. The number of aromatic nitrogens is 2. The molecule has 0 aliphatic carbocycles. The number of carbonyl (C=O) groups excluding carboxylic acids is 1. The van der Waals surface area contributed by atoms with E-state index >= 15 is 0 Å². The fraction of sp³-hybridized carbons (Fsp3) is 0.400. The number of nitrogens with zero attached hydrogens (tertiary/aromatic N) is 4. The van der Waals surface area contributed by atoms with Gasteiger partial charge in [0.1, 0.15) is 10.6 Å². The summed E-state index contributed by atoms with van der Waals surface area (Å²) in [4.78, 5) is 17.6. The fourth-order valence-corrected chi connectivity index (χ4v) is 3.32. The summed E-state index contributed by atoms with van der Waals surface area (Å²) in [6, 6.07) is 7.32. The number of rotatable bonds is 3. The van der Waals surface area contributed by atoms with Gasteiger partial charge in [-0.05, 0) is 30.2 Å². The van der Waals surface area contributed by atoms with Crippen molar-refractivity contribution in [1.29, 1.82) is 0 Å². The summed E-state index contributed by atoms with van der Waals surface area (Å²) in [5.74, 6) is 0.0238. The number of likely N-dealkylation sites (N-methyl/N-ethyl adjacent to an activating group) is 1. The molecule has 3 rings (SSSR count). The second-order valence-electron chi connectivity index (χ2n) is 5.18. The molecule has 22 heavy (non-hydrogen) atoms. The minimum atomic E-state index is 0.0238. The van der Waals surface area contributed by atoms with Gasteiger partial charge < -0.3 is 9.80 Å². The maximum atomic E-state index is 12.7. The number of piperazine rings is 1. The standard InChI is InChI=1S/C15H17ClN4OS/c1-2-19-7-9-20(10-8-19)15(21)14-13(17-18-22-14)11-3-5-12(16)6-4-11/h3-6H,2,7-10H2,1H3. The van der Waals surface area contributed by atoms with Crippen molar-refractivity contribution in [2.45, 2.75) is 6.92 Å². The van der Waals surface area contributed by atoms with E-state index in [2.05, 4.69) is 21.4 Å². The Balaban J connectivity index is 1.80. The molecule has 1 aromatic heterocycles. The smallest absolute Gasteiger partial charge is 0.267 e. The van der Waals surface area contributed by atoms with Crippen molar-refractivity contribution in [2.75, 3.05) is 32.7 Å². The lowest BCUT2D eigenvalue weighted by molar-refractivity contribution is 0.0648. The molecule has 2 aromatic rings. The summed E-state index contributed by atoms with van der Waals surface area (Å²) < 4.78 is 3.97. The van der Waals surface area contributed by atoms with E-state index in [9.17, 15) is 4.79 Å².